The molecule has 0 bridgehead atoms. The summed E-state index contributed by atoms with van der Waals surface area (Å²) >= 11 is 0. The number of nitrogens with one attached hydrogen (secondary N) is 2. The second kappa shape index (κ2) is 12.3. The standard InChI is InChI=1S/C22H34N4O.HI/c1-2-23-22(24-13-6-9-19-10-11-19)25-16-20-15-21(27)26(17-20)14-12-18-7-4-3-5-8-18;/h3-5,7-8,19-20H,2,6,9-17H2,1H3,(H2,23,24,25);1H. The molecule has 1 saturated heterocycles. The zero-order valence-electron chi connectivity index (χ0n) is 17.0. The summed E-state index contributed by atoms with van der Waals surface area (Å²) in [5, 5.41) is 6.76. The molecule has 28 heavy (non-hydrogen) atoms. The number of hydrogen-bond donors (Lipinski definition) is 2. The molecule has 1 aliphatic heterocycles. The highest BCUT2D eigenvalue weighted by Crippen LogP contribution is 2.33. The number of aliphatic imine (C=N–C) groups is 1. The van der Waals surface area contributed by atoms with Gasteiger partial charge in [0.05, 0.1) is 0 Å². The van der Waals surface area contributed by atoms with E-state index in [-0.39, 0.29) is 29.9 Å². The van der Waals surface area contributed by atoms with Crippen molar-refractivity contribution in [3.8, 4) is 0 Å². The Hall–Kier alpha value is -1.31. The molecule has 5 nitrogen and oxygen atoms in total. The molecule has 0 aromatic heterocycles. The molecule has 2 aliphatic rings. The van der Waals surface area contributed by atoms with Crippen LogP contribution >= 0.6 is 24.0 Å². The van der Waals surface area contributed by atoms with Crippen LogP contribution in [0.5, 0.6) is 0 Å². The number of carbonyl (C=O) groups excluding carboxylic acids is 1. The number of nitrogens with zero attached hydrogens (tertiary/aromatic N) is 2. The van der Waals surface area contributed by atoms with Crippen LogP contribution in [0, 0.1) is 11.8 Å². The van der Waals surface area contributed by atoms with Crippen molar-refractivity contribution in [1.82, 2.24) is 15.5 Å². The number of carbonyl (C=O) groups is 1. The maximum atomic E-state index is 12.3. The van der Waals surface area contributed by atoms with E-state index in [1.54, 1.807) is 0 Å². The van der Waals surface area contributed by atoms with Crippen LogP contribution < -0.4 is 10.6 Å². The highest BCUT2D eigenvalue weighted by molar-refractivity contribution is 14.0. The predicted octanol–water partition coefficient (Wildman–Crippen LogP) is 3.44. The van der Waals surface area contributed by atoms with Gasteiger partial charge in [-0.3, -0.25) is 9.79 Å². The average Bonchev–Trinajstić information content (AvgIpc) is 3.44. The van der Waals surface area contributed by atoms with Crippen molar-refractivity contribution in [1.29, 1.82) is 0 Å². The van der Waals surface area contributed by atoms with Crippen molar-refractivity contribution in [2.24, 2.45) is 16.8 Å². The molecule has 6 heteroatoms. The van der Waals surface area contributed by atoms with Gasteiger partial charge >= 0.3 is 0 Å². The minimum Gasteiger partial charge on any atom is -0.357 e. The van der Waals surface area contributed by atoms with Gasteiger partial charge in [0.1, 0.15) is 0 Å². The molecule has 1 saturated carbocycles. The summed E-state index contributed by atoms with van der Waals surface area (Å²) in [7, 11) is 0. The third kappa shape index (κ3) is 7.97. The molecule has 1 aromatic rings. The van der Waals surface area contributed by atoms with E-state index in [2.05, 4.69) is 41.8 Å². The number of guanidine groups is 1. The number of likely N-dealkylation sites (tertiary alicyclic amines) is 1. The fourth-order valence-corrected chi connectivity index (χ4v) is 3.67. The molecule has 1 aliphatic carbocycles. The monoisotopic (exact) mass is 498 g/mol. The van der Waals surface area contributed by atoms with E-state index in [1.807, 2.05) is 11.0 Å². The smallest absolute Gasteiger partial charge is 0.223 e. The van der Waals surface area contributed by atoms with Gasteiger partial charge in [-0.1, -0.05) is 43.2 Å². The van der Waals surface area contributed by atoms with Crippen molar-refractivity contribution < 1.29 is 4.79 Å². The first kappa shape index (κ1) is 23.0. The van der Waals surface area contributed by atoms with Crippen LogP contribution in [-0.4, -0.2) is 49.5 Å². The van der Waals surface area contributed by atoms with Gasteiger partial charge in [0.15, 0.2) is 5.96 Å². The fourth-order valence-electron chi connectivity index (χ4n) is 3.67. The third-order valence-corrected chi connectivity index (χ3v) is 5.44. The van der Waals surface area contributed by atoms with E-state index >= 15 is 0 Å². The molecule has 1 aromatic carbocycles. The molecule has 1 unspecified atom stereocenters. The molecule has 2 N–H and O–H groups in total. The Balaban J connectivity index is 0.00000280. The lowest BCUT2D eigenvalue weighted by atomic mass is 10.1. The third-order valence-electron chi connectivity index (χ3n) is 5.44. The van der Waals surface area contributed by atoms with Gasteiger partial charge in [-0.2, -0.15) is 0 Å². The zero-order chi connectivity index (χ0) is 18.9. The number of halogens is 1. The summed E-state index contributed by atoms with van der Waals surface area (Å²) in [6.45, 7) is 6.28. The van der Waals surface area contributed by atoms with E-state index in [4.69, 9.17) is 4.99 Å². The Morgan fingerprint density at radius 1 is 1.18 bits per heavy atom. The minimum atomic E-state index is 0. The maximum absolute atomic E-state index is 12.3. The summed E-state index contributed by atoms with van der Waals surface area (Å²) in [5.74, 6) is 2.48. The first-order chi connectivity index (χ1) is 13.2. The van der Waals surface area contributed by atoms with Gasteiger partial charge < -0.3 is 15.5 Å². The van der Waals surface area contributed by atoms with Gasteiger partial charge in [-0.15, -0.1) is 24.0 Å². The molecule has 1 amide bonds. The summed E-state index contributed by atoms with van der Waals surface area (Å²) in [6.07, 6.45) is 6.94. The van der Waals surface area contributed by atoms with Gasteiger partial charge in [0.25, 0.3) is 0 Å². The van der Waals surface area contributed by atoms with Crippen LogP contribution in [0.4, 0.5) is 0 Å². The SMILES string of the molecule is CCNC(=NCC1CC(=O)N(CCc2ccccc2)C1)NCCCC1CC1.I. The van der Waals surface area contributed by atoms with E-state index in [9.17, 15) is 4.79 Å². The Morgan fingerprint density at radius 2 is 1.96 bits per heavy atom. The van der Waals surface area contributed by atoms with Gasteiger partial charge in [0, 0.05) is 45.1 Å². The van der Waals surface area contributed by atoms with Crippen LogP contribution in [0.2, 0.25) is 0 Å². The van der Waals surface area contributed by atoms with E-state index < -0.39 is 0 Å². The lowest BCUT2D eigenvalue weighted by molar-refractivity contribution is -0.127. The Bertz CT molecular complexity index is 618. The lowest BCUT2D eigenvalue weighted by Gasteiger charge is -2.16. The summed E-state index contributed by atoms with van der Waals surface area (Å²) in [4.78, 5) is 19.0. The summed E-state index contributed by atoms with van der Waals surface area (Å²) in [6, 6.07) is 10.4. The summed E-state index contributed by atoms with van der Waals surface area (Å²) in [5.41, 5.74) is 1.29. The van der Waals surface area contributed by atoms with E-state index in [0.717, 1.165) is 44.5 Å². The fraction of sp³-hybridized carbons (Fsp3) is 0.636. The van der Waals surface area contributed by atoms with Crippen molar-refractivity contribution in [2.45, 2.75) is 45.4 Å². The second-order valence-electron chi connectivity index (χ2n) is 7.88. The van der Waals surface area contributed by atoms with Crippen LogP contribution in [0.15, 0.2) is 35.3 Å². The molecule has 2 fully saturated rings. The number of rotatable bonds is 10. The van der Waals surface area contributed by atoms with Crippen LogP contribution in [0.3, 0.4) is 0 Å². The molecule has 156 valence electrons. The van der Waals surface area contributed by atoms with Gasteiger partial charge in [-0.25, -0.2) is 0 Å². The Morgan fingerprint density at radius 3 is 2.68 bits per heavy atom. The predicted molar refractivity (Wildman–Crippen MR) is 126 cm³/mol. The van der Waals surface area contributed by atoms with Crippen molar-refractivity contribution in [2.75, 3.05) is 32.7 Å². The molecule has 1 heterocycles. The minimum absolute atomic E-state index is 0. The normalized spacial score (nSPS) is 19.5. The Kier molecular flexibility index (Phi) is 10.1. The van der Waals surface area contributed by atoms with Gasteiger partial charge in [0.2, 0.25) is 5.91 Å². The van der Waals surface area contributed by atoms with Gasteiger partial charge in [-0.05, 0) is 37.7 Å². The highest BCUT2D eigenvalue weighted by Gasteiger charge is 2.29. The summed E-state index contributed by atoms with van der Waals surface area (Å²) < 4.78 is 0. The number of benzene rings is 1. The largest absolute Gasteiger partial charge is 0.357 e. The quantitative estimate of drug-likeness (QED) is 0.225. The number of hydrogen-bond acceptors (Lipinski definition) is 2. The van der Waals surface area contributed by atoms with Crippen molar-refractivity contribution >= 4 is 35.8 Å². The second-order valence-corrected chi connectivity index (χ2v) is 7.88. The van der Waals surface area contributed by atoms with Crippen LogP contribution in [0.1, 0.15) is 44.6 Å². The molecule has 0 radical (unpaired) electrons. The topological polar surface area (TPSA) is 56.7 Å². The van der Waals surface area contributed by atoms with Crippen LogP contribution in [0.25, 0.3) is 0 Å². The van der Waals surface area contributed by atoms with Crippen molar-refractivity contribution in [3.63, 3.8) is 0 Å². The first-order valence-electron chi connectivity index (χ1n) is 10.6. The Labute approximate surface area is 186 Å². The molecule has 0 spiro atoms. The molecular formula is C22H35IN4O. The highest BCUT2D eigenvalue weighted by atomic mass is 127. The molecule has 3 rings (SSSR count). The first-order valence-corrected chi connectivity index (χ1v) is 10.6. The molecule has 1 atom stereocenters. The average molecular weight is 498 g/mol. The number of amides is 1. The van der Waals surface area contributed by atoms with E-state index in [1.165, 1.54) is 31.2 Å². The van der Waals surface area contributed by atoms with E-state index in [0.29, 0.717) is 18.9 Å². The molecular weight excluding hydrogens is 463 g/mol. The van der Waals surface area contributed by atoms with Crippen molar-refractivity contribution in [3.05, 3.63) is 35.9 Å². The lowest BCUT2D eigenvalue weighted by Crippen LogP contribution is -2.38. The van der Waals surface area contributed by atoms with Crippen LogP contribution in [-0.2, 0) is 11.2 Å². The maximum Gasteiger partial charge on any atom is 0.223 e. The zero-order valence-corrected chi connectivity index (χ0v) is 19.4.